The minimum atomic E-state index is -0.467. The van der Waals surface area contributed by atoms with Gasteiger partial charge < -0.3 is 10.5 Å². The zero-order valence-electron chi connectivity index (χ0n) is 7.49. The van der Waals surface area contributed by atoms with E-state index in [1.54, 1.807) is 6.07 Å². The standard InChI is InChI=1S/C8H9BrN2O3/c1-14-6-2-5(4-10)8(11(12)13)7(9)3-6/h2-3H,4,10H2,1H3. The molecule has 14 heavy (non-hydrogen) atoms. The van der Waals surface area contributed by atoms with Gasteiger partial charge in [0.25, 0.3) is 5.69 Å². The number of halogens is 1. The Labute approximate surface area is 89.1 Å². The summed E-state index contributed by atoms with van der Waals surface area (Å²) in [7, 11) is 1.49. The largest absolute Gasteiger partial charge is 0.497 e. The average Bonchev–Trinajstić information content (AvgIpc) is 2.15. The van der Waals surface area contributed by atoms with Crippen LogP contribution in [0.2, 0.25) is 0 Å². The van der Waals surface area contributed by atoms with E-state index in [-0.39, 0.29) is 12.2 Å². The summed E-state index contributed by atoms with van der Waals surface area (Å²) in [6, 6.07) is 3.10. The number of nitrogens with two attached hydrogens (primary N) is 1. The van der Waals surface area contributed by atoms with Crippen LogP contribution >= 0.6 is 15.9 Å². The van der Waals surface area contributed by atoms with Crippen LogP contribution in [0.1, 0.15) is 5.56 Å². The molecule has 0 heterocycles. The molecule has 1 aromatic rings. The number of ether oxygens (including phenoxy) is 1. The predicted molar refractivity (Wildman–Crippen MR) is 55.2 cm³/mol. The molecule has 0 radical (unpaired) electrons. The van der Waals surface area contributed by atoms with Gasteiger partial charge in [0.2, 0.25) is 0 Å². The van der Waals surface area contributed by atoms with Crippen molar-refractivity contribution in [1.82, 2.24) is 0 Å². The molecule has 0 aliphatic carbocycles. The molecule has 5 nitrogen and oxygen atoms in total. The highest BCUT2D eigenvalue weighted by Crippen LogP contribution is 2.32. The smallest absolute Gasteiger partial charge is 0.288 e. The fourth-order valence-electron chi connectivity index (χ4n) is 1.11. The summed E-state index contributed by atoms with van der Waals surface area (Å²) in [6.45, 7) is 0.103. The maximum absolute atomic E-state index is 10.7. The molecule has 0 spiro atoms. The summed E-state index contributed by atoms with van der Waals surface area (Å²) >= 11 is 3.10. The molecule has 0 saturated carbocycles. The molecule has 0 bridgehead atoms. The van der Waals surface area contributed by atoms with Crippen molar-refractivity contribution in [3.63, 3.8) is 0 Å². The van der Waals surface area contributed by atoms with Crippen molar-refractivity contribution < 1.29 is 9.66 Å². The number of hydrogen-bond acceptors (Lipinski definition) is 4. The minimum Gasteiger partial charge on any atom is -0.497 e. The van der Waals surface area contributed by atoms with Crippen LogP contribution in [-0.4, -0.2) is 12.0 Å². The van der Waals surface area contributed by atoms with Crippen molar-refractivity contribution in [2.24, 2.45) is 5.73 Å². The number of hydrogen-bond donors (Lipinski definition) is 1. The Balaban J connectivity index is 3.34. The van der Waals surface area contributed by atoms with Crippen LogP contribution in [0.4, 0.5) is 5.69 Å². The molecule has 6 heteroatoms. The first-order valence-electron chi connectivity index (χ1n) is 3.81. The fraction of sp³-hybridized carbons (Fsp3) is 0.250. The lowest BCUT2D eigenvalue weighted by atomic mass is 10.1. The summed E-state index contributed by atoms with van der Waals surface area (Å²) < 4.78 is 5.34. The lowest BCUT2D eigenvalue weighted by molar-refractivity contribution is -0.386. The van der Waals surface area contributed by atoms with E-state index in [0.717, 1.165) is 0 Å². The Morgan fingerprint density at radius 2 is 2.29 bits per heavy atom. The van der Waals surface area contributed by atoms with Gasteiger partial charge in [-0.15, -0.1) is 0 Å². The Bertz CT molecular complexity index is 368. The molecule has 2 N–H and O–H groups in total. The number of rotatable bonds is 3. The second-order valence-electron chi connectivity index (χ2n) is 2.58. The van der Waals surface area contributed by atoms with Crippen molar-refractivity contribution in [3.8, 4) is 5.75 Å². The topological polar surface area (TPSA) is 78.4 Å². The van der Waals surface area contributed by atoms with Crippen LogP contribution in [-0.2, 0) is 6.54 Å². The van der Waals surface area contributed by atoms with E-state index in [0.29, 0.717) is 15.8 Å². The molecule has 0 aliphatic heterocycles. The number of benzene rings is 1. The van der Waals surface area contributed by atoms with Gasteiger partial charge in [-0.2, -0.15) is 0 Å². The van der Waals surface area contributed by atoms with Crippen molar-refractivity contribution in [2.75, 3.05) is 7.11 Å². The van der Waals surface area contributed by atoms with Crippen molar-refractivity contribution in [1.29, 1.82) is 0 Å². The lowest BCUT2D eigenvalue weighted by Gasteiger charge is -2.05. The number of nitro groups is 1. The van der Waals surface area contributed by atoms with E-state index in [9.17, 15) is 10.1 Å². The monoisotopic (exact) mass is 260 g/mol. The van der Waals surface area contributed by atoms with Gasteiger partial charge in [-0.1, -0.05) is 0 Å². The van der Waals surface area contributed by atoms with Crippen LogP contribution in [0.15, 0.2) is 16.6 Å². The van der Waals surface area contributed by atoms with Crippen LogP contribution in [0, 0.1) is 10.1 Å². The first-order chi connectivity index (χ1) is 6.60. The van der Waals surface area contributed by atoms with Crippen LogP contribution in [0.25, 0.3) is 0 Å². The van der Waals surface area contributed by atoms with E-state index >= 15 is 0 Å². The van der Waals surface area contributed by atoms with E-state index in [1.807, 2.05) is 0 Å². The van der Waals surface area contributed by atoms with Crippen LogP contribution in [0.3, 0.4) is 0 Å². The van der Waals surface area contributed by atoms with Gasteiger partial charge in [-0.05, 0) is 22.0 Å². The van der Waals surface area contributed by atoms with Crippen LogP contribution in [0.5, 0.6) is 5.75 Å². The molecular formula is C8H9BrN2O3. The van der Waals surface area contributed by atoms with Crippen molar-refractivity contribution >= 4 is 21.6 Å². The third kappa shape index (κ3) is 2.02. The minimum absolute atomic E-state index is 0.00620. The molecule has 0 aromatic heterocycles. The average molecular weight is 261 g/mol. The highest BCUT2D eigenvalue weighted by atomic mass is 79.9. The molecule has 76 valence electrons. The molecule has 0 fully saturated rings. The molecule has 1 rings (SSSR count). The predicted octanol–water partition coefficient (Wildman–Crippen LogP) is 1.82. The van der Waals surface area contributed by atoms with E-state index in [2.05, 4.69) is 15.9 Å². The van der Waals surface area contributed by atoms with Gasteiger partial charge in [0, 0.05) is 18.2 Å². The fourth-order valence-corrected chi connectivity index (χ4v) is 1.73. The Kier molecular flexibility index (Phi) is 3.43. The summed E-state index contributed by atoms with van der Waals surface area (Å²) in [6.07, 6.45) is 0. The quantitative estimate of drug-likeness (QED) is 0.664. The van der Waals surface area contributed by atoms with E-state index < -0.39 is 4.92 Å². The molecule has 0 amide bonds. The number of nitro benzene ring substituents is 1. The molecule has 1 aromatic carbocycles. The van der Waals surface area contributed by atoms with Gasteiger partial charge >= 0.3 is 0 Å². The second kappa shape index (κ2) is 4.39. The number of methoxy groups -OCH3 is 1. The maximum atomic E-state index is 10.7. The molecular weight excluding hydrogens is 252 g/mol. The summed E-state index contributed by atoms with van der Waals surface area (Å²) in [4.78, 5) is 10.2. The first-order valence-corrected chi connectivity index (χ1v) is 4.60. The van der Waals surface area contributed by atoms with Gasteiger partial charge in [0.1, 0.15) is 5.75 Å². The van der Waals surface area contributed by atoms with Gasteiger partial charge in [0.15, 0.2) is 0 Å². The SMILES string of the molecule is COc1cc(Br)c([N+](=O)[O-])c(CN)c1. The Morgan fingerprint density at radius 3 is 2.71 bits per heavy atom. The Hall–Kier alpha value is -1.14. The summed E-state index contributed by atoms with van der Waals surface area (Å²) in [5.74, 6) is 0.544. The molecule has 0 atom stereocenters. The highest BCUT2D eigenvalue weighted by Gasteiger charge is 2.18. The van der Waals surface area contributed by atoms with Crippen LogP contribution < -0.4 is 10.5 Å². The molecule has 0 aliphatic rings. The molecule has 0 saturated heterocycles. The highest BCUT2D eigenvalue weighted by molar-refractivity contribution is 9.10. The van der Waals surface area contributed by atoms with Crippen molar-refractivity contribution in [3.05, 3.63) is 32.3 Å². The zero-order chi connectivity index (χ0) is 10.7. The van der Waals surface area contributed by atoms with Gasteiger partial charge in [0.05, 0.1) is 16.5 Å². The van der Waals surface area contributed by atoms with Gasteiger partial charge in [-0.3, -0.25) is 10.1 Å². The zero-order valence-corrected chi connectivity index (χ0v) is 9.08. The third-order valence-electron chi connectivity index (χ3n) is 1.75. The number of nitrogens with zero attached hydrogens (tertiary/aromatic N) is 1. The first kappa shape index (κ1) is 10.9. The third-order valence-corrected chi connectivity index (χ3v) is 2.36. The summed E-state index contributed by atoms with van der Waals surface area (Å²) in [5, 5.41) is 10.7. The molecule has 0 unspecified atom stereocenters. The van der Waals surface area contributed by atoms with Crippen molar-refractivity contribution in [2.45, 2.75) is 6.54 Å². The van der Waals surface area contributed by atoms with Gasteiger partial charge in [-0.25, -0.2) is 0 Å². The van der Waals surface area contributed by atoms with E-state index in [1.165, 1.54) is 13.2 Å². The Morgan fingerprint density at radius 1 is 1.64 bits per heavy atom. The normalized spacial score (nSPS) is 9.93. The summed E-state index contributed by atoms with van der Waals surface area (Å²) in [5.41, 5.74) is 5.84. The second-order valence-corrected chi connectivity index (χ2v) is 3.43. The lowest BCUT2D eigenvalue weighted by Crippen LogP contribution is -2.03. The maximum Gasteiger partial charge on any atom is 0.288 e. The van der Waals surface area contributed by atoms with E-state index in [4.69, 9.17) is 10.5 Å².